The van der Waals surface area contributed by atoms with Crippen molar-refractivity contribution in [2.45, 2.75) is 17.4 Å². The van der Waals surface area contributed by atoms with Gasteiger partial charge in [-0.05, 0) is 30.7 Å². The number of benzene rings is 1. The predicted molar refractivity (Wildman–Crippen MR) is 70.0 cm³/mol. The van der Waals surface area contributed by atoms with E-state index in [0.717, 1.165) is 29.0 Å². The summed E-state index contributed by atoms with van der Waals surface area (Å²) >= 11 is 2.03. The highest BCUT2D eigenvalue weighted by molar-refractivity contribution is 7.99. The number of fused-ring (bicyclic) bond motifs is 1. The minimum Gasteiger partial charge on any atom is -0.486 e. The Labute approximate surface area is 106 Å². The topological polar surface area (TPSA) is 30.5 Å². The Bertz CT molecular complexity index is 391. The fourth-order valence-corrected chi connectivity index (χ4v) is 3.29. The highest BCUT2D eigenvalue weighted by Gasteiger charge is 2.16. The lowest BCUT2D eigenvalue weighted by molar-refractivity contribution is 0.171. The summed E-state index contributed by atoms with van der Waals surface area (Å²) in [4.78, 5) is 0. The van der Waals surface area contributed by atoms with Crippen LogP contribution in [0.2, 0.25) is 0 Å². The maximum atomic E-state index is 5.59. The molecular formula is C13H17NO2S. The normalized spacial score (nSPS) is 22.7. The summed E-state index contributed by atoms with van der Waals surface area (Å²) in [5, 5.41) is 4.16. The predicted octanol–water partition coefficient (Wildman–Crippen LogP) is 2.05. The number of hydrogen-bond acceptors (Lipinski definition) is 4. The second kappa shape index (κ2) is 5.19. The summed E-state index contributed by atoms with van der Waals surface area (Å²) in [7, 11) is 0. The van der Waals surface area contributed by atoms with Crippen LogP contribution in [0.15, 0.2) is 18.2 Å². The average molecular weight is 251 g/mol. The van der Waals surface area contributed by atoms with Gasteiger partial charge in [0.05, 0.1) is 0 Å². The summed E-state index contributed by atoms with van der Waals surface area (Å²) in [6, 6.07) is 6.28. The minimum atomic E-state index is 0.662. The van der Waals surface area contributed by atoms with Crippen molar-refractivity contribution in [1.29, 1.82) is 0 Å². The molecule has 1 N–H and O–H groups in total. The minimum absolute atomic E-state index is 0.662. The van der Waals surface area contributed by atoms with Gasteiger partial charge in [0.1, 0.15) is 13.2 Å². The molecule has 1 saturated heterocycles. The van der Waals surface area contributed by atoms with Crippen molar-refractivity contribution in [2.75, 3.05) is 26.3 Å². The molecule has 2 aliphatic heterocycles. The van der Waals surface area contributed by atoms with Crippen LogP contribution >= 0.6 is 11.8 Å². The quantitative estimate of drug-likeness (QED) is 0.890. The summed E-state index contributed by atoms with van der Waals surface area (Å²) in [6.45, 7) is 3.64. The van der Waals surface area contributed by atoms with Crippen LogP contribution < -0.4 is 14.8 Å². The maximum Gasteiger partial charge on any atom is 0.161 e. The Hall–Kier alpha value is -0.870. The molecule has 1 atom stereocenters. The van der Waals surface area contributed by atoms with Crippen molar-refractivity contribution in [3.8, 4) is 11.5 Å². The lowest BCUT2D eigenvalue weighted by atomic mass is 10.2. The third kappa shape index (κ3) is 2.69. The zero-order valence-electron chi connectivity index (χ0n) is 9.78. The SMILES string of the molecule is c1cc2c(cc1CSC1CCNC1)OCCO2. The van der Waals surface area contributed by atoms with Gasteiger partial charge >= 0.3 is 0 Å². The summed E-state index contributed by atoms with van der Waals surface area (Å²) in [5.74, 6) is 2.84. The molecular weight excluding hydrogens is 234 g/mol. The van der Waals surface area contributed by atoms with E-state index in [1.54, 1.807) is 0 Å². The number of rotatable bonds is 3. The van der Waals surface area contributed by atoms with Crippen LogP contribution in [-0.4, -0.2) is 31.6 Å². The Morgan fingerprint density at radius 1 is 1.24 bits per heavy atom. The third-order valence-electron chi connectivity index (χ3n) is 3.11. The van der Waals surface area contributed by atoms with E-state index in [2.05, 4.69) is 17.4 Å². The first kappa shape index (κ1) is 11.2. The molecule has 1 aromatic carbocycles. The van der Waals surface area contributed by atoms with E-state index in [0.29, 0.717) is 13.2 Å². The van der Waals surface area contributed by atoms with Crippen molar-refractivity contribution in [3.05, 3.63) is 23.8 Å². The summed E-state index contributed by atoms with van der Waals surface area (Å²) < 4.78 is 11.1. The number of thioether (sulfide) groups is 1. The van der Waals surface area contributed by atoms with E-state index in [-0.39, 0.29) is 0 Å². The number of hydrogen-bond donors (Lipinski definition) is 1. The number of nitrogens with one attached hydrogen (secondary N) is 1. The van der Waals surface area contributed by atoms with E-state index < -0.39 is 0 Å². The second-order valence-corrected chi connectivity index (χ2v) is 5.69. The third-order valence-corrected chi connectivity index (χ3v) is 4.48. The Morgan fingerprint density at radius 2 is 2.12 bits per heavy atom. The van der Waals surface area contributed by atoms with Crippen LogP contribution in [0.3, 0.4) is 0 Å². The van der Waals surface area contributed by atoms with Gasteiger partial charge in [0, 0.05) is 17.5 Å². The first-order valence-corrected chi connectivity index (χ1v) is 7.17. The van der Waals surface area contributed by atoms with E-state index in [9.17, 15) is 0 Å². The summed E-state index contributed by atoms with van der Waals surface area (Å²) in [6.07, 6.45) is 1.29. The van der Waals surface area contributed by atoms with Crippen LogP contribution in [0.4, 0.5) is 0 Å². The molecule has 17 heavy (non-hydrogen) atoms. The molecule has 1 unspecified atom stereocenters. The molecule has 0 bridgehead atoms. The van der Waals surface area contributed by atoms with Gasteiger partial charge in [0.2, 0.25) is 0 Å². The van der Waals surface area contributed by atoms with Gasteiger partial charge in [0.15, 0.2) is 11.5 Å². The molecule has 3 rings (SSSR count). The highest BCUT2D eigenvalue weighted by Crippen LogP contribution is 2.32. The van der Waals surface area contributed by atoms with Gasteiger partial charge < -0.3 is 14.8 Å². The summed E-state index contributed by atoms with van der Waals surface area (Å²) in [5.41, 5.74) is 1.33. The van der Waals surface area contributed by atoms with Gasteiger partial charge in [-0.2, -0.15) is 11.8 Å². The van der Waals surface area contributed by atoms with Crippen LogP contribution in [0.25, 0.3) is 0 Å². The van der Waals surface area contributed by atoms with E-state index in [1.807, 2.05) is 17.8 Å². The molecule has 2 aliphatic rings. The molecule has 1 aromatic rings. The van der Waals surface area contributed by atoms with Gasteiger partial charge in [-0.25, -0.2) is 0 Å². The van der Waals surface area contributed by atoms with Crippen molar-refractivity contribution >= 4 is 11.8 Å². The van der Waals surface area contributed by atoms with E-state index in [1.165, 1.54) is 18.5 Å². The van der Waals surface area contributed by atoms with Crippen LogP contribution in [0, 0.1) is 0 Å². The van der Waals surface area contributed by atoms with Gasteiger partial charge in [-0.3, -0.25) is 0 Å². The first-order valence-electron chi connectivity index (χ1n) is 6.13. The molecule has 92 valence electrons. The molecule has 1 fully saturated rings. The van der Waals surface area contributed by atoms with Crippen molar-refractivity contribution < 1.29 is 9.47 Å². The Balaban J connectivity index is 1.62. The van der Waals surface area contributed by atoms with Crippen LogP contribution in [0.5, 0.6) is 11.5 Å². The lowest BCUT2D eigenvalue weighted by Crippen LogP contribution is -2.15. The van der Waals surface area contributed by atoms with Crippen molar-refractivity contribution in [1.82, 2.24) is 5.32 Å². The lowest BCUT2D eigenvalue weighted by Gasteiger charge is -2.19. The van der Waals surface area contributed by atoms with E-state index >= 15 is 0 Å². The van der Waals surface area contributed by atoms with Crippen LogP contribution in [-0.2, 0) is 5.75 Å². The first-order chi connectivity index (χ1) is 8.42. The average Bonchev–Trinajstić information content (AvgIpc) is 2.89. The molecule has 0 aliphatic carbocycles. The molecule has 0 aromatic heterocycles. The Morgan fingerprint density at radius 3 is 2.94 bits per heavy atom. The maximum absolute atomic E-state index is 5.59. The van der Waals surface area contributed by atoms with Crippen LogP contribution in [0.1, 0.15) is 12.0 Å². The fourth-order valence-electron chi connectivity index (χ4n) is 2.16. The number of ether oxygens (including phenoxy) is 2. The molecule has 3 nitrogen and oxygen atoms in total. The zero-order valence-corrected chi connectivity index (χ0v) is 10.6. The molecule has 0 radical (unpaired) electrons. The highest BCUT2D eigenvalue weighted by atomic mass is 32.2. The molecule has 0 saturated carbocycles. The second-order valence-electron chi connectivity index (χ2n) is 4.40. The largest absolute Gasteiger partial charge is 0.486 e. The monoisotopic (exact) mass is 251 g/mol. The van der Waals surface area contributed by atoms with Gasteiger partial charge in [-0.1, -0.05) is 6.07 Å². The van der Waals surface area contributed by atoms with E-state index in [4.69, 9.17) is 9.47 Å². The Kier molecular flexibility index (Phi) is 3.43. The van der Waals surface area contributed by atoms with Crippen molar-refractivity contribution in [2.24, 2.45) is 0 Å². The van der Waals surface area contributed by atoms with Gasteiger partial charge in [-0.15, -0.1) is 0 Å². The van der Waals surface area contributed by atoms with Gasteiger partial charge in [0.25, 0.3) is 0 Å². The standard InChI is InChI=1S/C13H17NO2S/c1-2-12-13(16-6-5-15-12)7-10(1)9-17-11-3-4-14-8-11/h1-2,7,11,14H,3-6,8-9H2. The zero-order chi connectivity index (χ0) is 11.5. The smallest absolute Gasteiger partial charge is 0.161 e. The molecule has 2 heterocycles. The molecule has 0 spiro atoms. The molecule has 4 heteroatoms. The molecule has 0 amide bonds. The van der Waals surface area contributed by atoms with Crippen molar-refractivity contribution in [3.63, 3.8) is 0 Å². The fraction of sp³-hybridized carbons (Fsp3) is 0.538.